The molecule has 9 nitrogen and oxygen atoms in total. The third-order valence-corrected chi connectivity index (χ3v) is 6.85. The van der Waals surface area contributed by atoms with E-state index in [0.717, 1.165) is 21.4 Å². The number of aliphatic imine (C=N–C) groups is 2. The van der Waals surface area contributed by atoms with Crippen molar-refractivity contribution in [2.24, 2.45) is 22.1 Å². The van der Waals surface area contributed by atoms with E-state index in [1.165, 1.54) is 11.8 Å². The van der Waals surface area contributed by atoms with Crippen LogP contribution in [0.5, 0.6) is 11.5 Å². The number of halogens is 1. The number of imidazole rings is 1. The number of anilines is 1. The number of hydrogen-bond donors (Lipinski definition) is 1. The van der Waals surface area contributed by atoms with E-state index >= 15 is 0 Å². The lowest BCUT2D eigenvalue weighted by Gasteiger charge is -2.24. The molecule has 1 atom stereocenters. The summed E-state index contributed by atoms with van der Waals surface area (Å²) in [5, 5.41) is 9.59. The fourth-order valence-corrected chi connectivity index (χ4v) is 4.64. The van der Waals surface area contributed by atoms with E-state index in [2.05, 4.69) is 20.3 Å². The summed E-state index contributed by atoms with van der Waals surface area (Å²) in [6.07, 6.45) is 8.88. The van der Waals surface area contributed by atoms with Gasteiger partial charge in [0.1, 0.15) is 17.7 Å². The highest BCUT2D eigenvalue weighted by molar-refractivity contribution is 7.99. The molecule has 2 aromatic carbocycles. The monoisotopic (exact) mass is 494 g/mol. The van der Waals surface area contributed by atoms with Crippen molar-refractivity contribution in [1.82, 2.24) is 14.1 Å². The molecule has 0 bridgehead atoms. The number of hydrogen-bond acceptors (Lipinski definition) is 8. The molecule has 0 saturated carbocycles. The molecule has 1 unspecified atom stereocenters. The molecule has 0 radical (unpaired) electrons. The van der Waals surface area contributed by atoms with Crippen molar-refractivity contribution in [2.45, 2.75) is 10.1 Å². The van der Waals surface area contributed by atoms with Crippen LogP contribution in [0.4, 0.5) is 11.4 Å². The highest BCUT2D eigenvalue weighted by Gasteiger charge is 2.43. The van der Waals surface area contributed by atoms with Crippen molar-refractivity contribution in [3.63, 3.8) is 0 Å². The van der Waals surface area contributed by atoms with Gasteiger partial charge in [-0.05, 0) is 23.3 Å². The van der Waals surface area contributed by atoms with Gasteiger partial charge in [0.2, 0.25) is 0 Å². The molecule has 2 aliphatic heterocycles. The van der Waals surface area contributed by atoms with Gasteiger partial charge in [0.25, 0.3) is 11.8 Å². The zero-order chi connectivity index (χ0) is 23.7. The van der Waals surface area contributed by atoms with Crippen molar-refractivity contribution in [3.05, 3.63) is 66.2 Å². The Morgan fingerprint density at radius 2 is 1.88 bits per heavy atom. The molecular formula is C23H21ClN7O2S+. The smallest absolute Gasteiger partial charge is 0.287 e. The van der Waals surface area contributed by atoms with Crippen LogP contribution in [0.15, 0.2) is 86.3 Å². The first-order valence-corrected chi connectivity index (χ1v) is 11.4. The molecule has 172 valence electrons. The maximum absolute atomic E-state index is 6.56. The summed E-state index contributed by atoms with van der Waals surface area (Å²) in [4.78, 5) is 14.2. The number of quaternary nitrogens is 1. The molecular weight excluding hydrogens is 474 g/mol. The lowest BCUT2D eigenvalue weighted by molar-refractivity contribution is 0.392. The molecule has 0 amide bonds. The zero-order valence-electron chi connectivity index (χ0n) is 18.6. The van der Waals surface area contributed by atoms with Gasteiger partial charge in [-0.1, -0.05) is 28.0 Å². The minimum atomic E-state index is 0.000218. The third kappa shape index (κ3) is 4.07. The van der Waals surface area contributed by atoms with Gasteiger partial charge in [-0.3, -0.25) is 4.99 Å². The minimum Gasteiger partial charge on any atom is -0.496 e. The van der Waals surface area contributed by atoms with Gasteiger partial charge >= 0.3 is 0 Å². The average Bonchev–Trinajstić information content (AvgIpc) is 3.43. The van der Waals surface area contributed by atoms with Gasteiger partial charge < -0.3 is 19.4 Å². The maximum Gasteiger partial charge on any atom is 0.287 e. The van der Waals surface area contributed by atoms with Crippen molar-refractivity contribution in [3.8, 4) is 11.5 Å². The second kappa shape index (κ2) is 8.98. The average molecular weight is 495 g/mol. The Labute approximate surface area is 205 Å². The van der Waals surface area contributed by atoms with Crippen LogP contribution < -0.4 is 19.4 Å². The Bertz CT molecular complexity index is 1360. The van der Waals surface area contributed by atoms with Gasteiger partial charge in [0.05, 0.1) is 25.4 Å². The first-order valence-electron chi connectivity index (χ1n) is 10.3. The lowest BCUT2D eigenvalue weighted by Crippen LogP contribution is -2.44. The number of fused-ring (bicyclic) bond motifs is 1. The van der Waals surface area contributed by atoms with Crippen LogP contribution >= 0.6 is 23.4 Å². The molecule has 3 heterocycles. The van der Waals surface area contributed by atoms with Gasteiger partial charge in [-0.25, -0.2) is 4.98 Å². The van der Waals surface area contributed by atoms with Crippen LogP contribution in [0.25, 0.3) is 0 Å². The molecule has 0 saturated heterocycles. The van der Waals surface area contributed by atoms with E-state index in [9.17, 15) is 0 Å². The molecule has 0 fully saturated rings. The van der Waals surface area contributed by atoms with Gasteiger partial charge in [0, 0.05) is 48.2 Å². The van der Waals surface area contributed by atoms with Gasteiger partial charge in [0.15, 0.2) is 17.0 Å². The van der Waals surface area contributed by atoms with E-state index in [4.69, 9.17) is 26.2 Å². The number of nitrogens with zero attached hydrogens (tertiary/aromatic N) is 6. The summed E-state index contributed by atoms with van der Waals surface area (Å²) in [6.45, 7) is 0. The standard InChI is InChI=1S/C23H21ClN7O2S/c1-30-8-6-26-23(30)34-20-5-4-15(10-19(20)24)27-22-28-21-14-25-7-9-31(21,29-22)16-11-17(32-2)13-18(12-16)33-3/h4-14H,1-3H3,(H,27,29)/q+1. The van der Waals surface area contributed by atoms with Crippen LogP contribution in [0.2, 0.25) is 5.02 Å². The Morgan fingerprint density at radius 3 is 2.56 bits per heavy atom. The molecule has 11 heteroatoms. The molecule has 3 aromatic rings. The first kappa shape index (κ1) is 22.2. The lowest BCUT2D eigenvalue weighted by atomic mass is 10.2. The Kier molecular flexibility index (Phi) is 5.86. The minimum absolute atomic E-state index is 0.000218. The summed E-state index contributed by atoms with van der Waals surface area (Å²) in [6, 6.07) is 11.3. The van der Waals surface area contributed by atoms with Crippen molar-refractivity contribution >= 4 is 52.7 Å². The number of aryl methyl sites for hydroxylation is 1. The van der Waals surface area contributed by atoms with Crippen LogP contribution in [0.3, 0.4) is 0 Å². The van der Waals surface area contributed by atoms with Crippen LogP contribution in [0, 0.1) is 0 Å². The molecule has 2 aliphatic rings. The van der Waals surface area contributed by atoms with Crippen LogP contribution in [0.1, 0.15) is 0 Å². The summed E-state index contributed by atoms with van der Waals surface area (Å²) in [5.41, 5.74) is 1.56. The number of guanidine groups is 1. The van der Waals surface area contributed by atoms with Gasteiger partial charge in [-0.15, -0.1) is 0 Å². The second-order valence-corrected chi connectivity index (χ2v) is 8.84. The number of aromatic nitrogens is 2. The molecule has 1 aromatic heterocycles. The maximum atomic E-state index is 6.56. The van der Waals surface area contributed by atoms with E-state index < -0.39 is 0 Å². The highest BCUT2D eigenvalue weighted by atomic mass is 35.5. The SMILES string of the molecule is COc1cc(OC)cc([N+]23C=CN=CC2=NC(Nc2ccc(Sc4nccn4C)c(Cl)c2)=N3)c1. The van der Waals surface area contributed by atoms with E-state index in [1.807, 2.05) is 60.4 Å². The first-order chi connectivity index (χ1) is 16.5. The normalized spacial score (nSPS) is 18.4. The number of benzene rings is 2. The van der Waals surface area contributed by atoms with E-state index in [1.54, 1.807) is 32.8 Å². The molecule has 5 rings (SSSR count). The number of nitrogens with one attached hydrogen (secondary N) is 1. The van der Waals surface area contributed by atoms with Gasteiger partial charge in [-0.2, -0.15) is 4.99 Å². The second-order valence-electron chi connectivity index (χ2n) is 7.42. The number of methoxy groups -OCH3 is 2. The summed E-state index contributed by atoms with van der Waals surface area (Å²) >= 11 is 8.06. The van der Waals surface area contributed by atoms with Crippen LogP contribution in [-0.2, 0) is 7.05 Å². The predicted octanol–water partition coefficient (Wildman–Crippen LogP) is 4.90. The van der Waals surface area contributed by atoms with Crippen molar-refractivity contribution < 1.29 is 9.47 Å². The fourth-order valence-electron chi connectivity index (χ4n) is 3.54. The Balaban J connectivity index is 1.45. The summed E-state index contributed by atoms with van der Waals surface area (Å²) < 4.78 is 12.8. The quantitative estimate of drug-likeness (QED) is 0.492. The third-order valence-electron chi connectivity index (χ3n) is 5.28. The number of rotatable bonds is 6. The molecule has 1 N–H and O–H groups in total. The number of amidine groups is 1. The largest absolute Gasteiger partial charge is 0.496 e. The molecule has 0 spiro atoms. The fraction of sp³-hybridized carbons (Fsp3) is 0.130. The van der Waals surface area contributed by atoms with E-state index in [0.29, 0.717) is 28.3 Å². The van der Waals surface area contributed by atoms with Crippen LogP contribution in [-0.4, -0.2) is 41.8 Å². The van der Waals surface area contributed by atoms with Crippen molar-refractivity contribution in [2.75, 3.05) is 19.5 Å². The Hall–Kier alpha value is -3.60. The topological polar surface area (TPSA) is 85.4 Å². The number of ether oxygens (including phenoxy) is 2. The highest BCUT2D eigenvalue weighted by Crippen LogP contribution is 2.37. The predicted molar refractivity (Wildman–Crippen MR) is 136 cm³/mol. The van der Waals surface area contributed by atoms with E-state index in [-0.39, 0.29) is 4.59 Å². The van der Waals surface area contributed by atoms with Crippen molar-refractivity contribution in [1.29, 1.82) is 0 Å². The zero-order valence-corrected chi connectivity index (χ0v) is 20.2. The molecule has 34 heavy (non-hydrogen) atoms. The molecule has 0 aliphatic carbocycles. The summed E-state index contributed by atoms with van der Waals surface area (Å²) in [7, 11) is 5.17. The Morgan fingerprint density at radius 1 is 1.09 bits per heavy atom. The summed E-state index contributed by atoms with van der Waals surface area (Å²) in [5.74, 6) is 2.37.